The molecular formula is C19H18Cl2N2O4. The van der Waals surface area contributed by atoms with Gasteiger partial charge in [-0.3, -0.25) is 4.79 Å². The van der Waals surface area contributed by atoms with E-state index in [1.54, 1.807) is 18.2 Å². The van der Waals surface area contributed by atoms with Gasteiger partial charge in [0.05, 0.1) is 18.6 Å². The van der Waals surface area contributed by atoms with Gasteiger partial charge < -0.3 is 20.2 Å². The second kappa shape index (κ2) is 7.66. The highest BCUT2D eigenvalue weighted by atomic mass is 35.5. The Kier molecular flexibility index (Phi) is 5.48. The van der Waals surface area contributed by atoms with Crippen LogP contribution in [0, 0.1) is 0 Å². The summed E-state index contributed by atoms with van der Waals surface area (Å²) in [7, 11) is 1.23. The highest BCUT2D eigenvalue weighted by Gasteiger charge is 2.38. The largest absolute Gasteiger partial charge is 0.465 e. The zero-order chi connectivity index (χ0) is 19.7. The second-order valence-corrected chi connectivity index (χ2v) is 6.97. The highest BCUT2D eigenvalue weighted by Crippen LogP contribution is 2.43. The number of aromatic nitrogens is 1. The summed E-state index contributed by atoms with van der Waals surface area (Å²) in [5.74, 6) is -1.38. The zero-order valence-electron chi connectivity index (χ0n) is 14.8. The van der Waals surface area contributed by atoms with Crippen molar-refractivity contribution in [3.8, 4) is 5.75 Å². The molecule has 2 heterocycles. The molecule has 6 nitrogen and oxygen atoms in total. The van der Waals surface area contributed by atoms with E-state index in [0.717, 1.165) is 12.1 Å². The maximum Gasteiger partial charge on any atom is 0.340 e. The molecule has 8 heteroatoms. The van der Waals surface area contributed by atoms with E-state index in [1.165, 1.54) is 13.2 Å². The Labute approximate surface area is 165 Å². The standard InChI is InChI=1S/C19H18Cl2N2O4/c1-3-4-10-8-13-15(18(24)23-10)14(11-6-5-9(20)7-12(11)21)16(17(22)27-13)19(25)26-2/h5-8,14H,3-4,22H2,1-2H3,(H,23,24). The SMILES string of the molecule is CCCc1cc2c(c(=O)[nH]1)C(c1ccc(Cl)cc1Cl)C(C(=O)OC)=C(N)O2. The number of H-pyrrole nitrogens is 1. The quantitative estimate of drug-likeness (QED) is 0.754. The van der Waals surface area contributed by atoms with Crippen LogP contribution in [0.15, 0.2) is 40.5 Å². The number of carbonyl (C=O) groups is 1. The van der Waals surface area contributed by atoms with Gasteiger partial charge >= 0.3 is 5.97 Å². The number of rotatable bonds is 4. The topological polar surface area (TPSA) is 94.4 Å². The highest BCUT2D eigenvalue weighted by molar-refractivity contribution is 6.35. The molecule has 1 aliphatic rings. The van der Waals surface area contributed by atoms with Gasteiger partial charge in [-0.1, -0.05) is 42.6 Å². The van der Waals surface area contributed by atoms with E-state index in [1.807, 2.05) is 6.92 Å². The molecule has 0 saturated heterocycles. The van der Waals surface area contributed by atoms with E-state index in [0.29, 0.717) is 27.8 Å². The average Bonchev–Trinajstić information content (AvgIpc) is 2.60. The average molecular weight is 409 g/mol. The van der Waals surface area contributed by atoms with Crippen molar-refractivity contribution >= 4 is 29.2 Å². The number of aromatic amines is 1. The number of carbonyl (C=O) groups excluding carboxylic acids is 1. The summed E-state index contributed by atoms with van der Waals surface area (Å²) in [5.41, 5.74) is 7.14. The number of nitrogens with two attached hydrogens (primary N) is 1. The van der Waals surface area contributed by atoms with Crippen LogP contribution in [-0.4, -0.2) is 18.1 Å². The number of aryl methyl sites for hydroxylation is 1. The van der Waals surface area contributed by atoms with Crippen LogP contribution in [0.5, 0.6) is 5.75 Å². The summed E-state index contributed by atoms with van der Waals surface area (Å²) in [6.07, 6.45) is 1.52. The van der Waals surface area contributed by atoms with Crippen molar-refractivity contribution in [3.05, 3.63) is 72.9 Å². The molecule has 0 amide bonds. The summed E-state index contributed by atoms with van der Waals surface area (Å²) < 4.78 is 10.5. The maximum atomic E-state index is 12.9. The van der Waals surface area contributed by atoms with Gasteiger partial charge in [-0.2, -0.15) is 0 Å². The van der Waals surface area contributed by atoms with E-state index in [9.17, 15) is 9.59 Å². The van der Waals surface area contributed by atoms with Gasteiger partial charge in [-0.15, -0.1) is 0 Å². The summed E-state index contributed by atoms with van der Waals surface area (Å²) >= 11 is 12.4. The number of methoxy groups -OCH3 is 1. The van der Waals surface area contributed by atoms with Crippen LogP contribution in [0.4, 0.5) is 0 Å². The Morgan fingerprint density at radius 2 is 2.07 bits per heavy atom. The zero-order valence-corrected chi connectivity index (χ0v) is 16.3. The van der Waals surface area contributed by atoms with Crippen LogP contribution >= 0.6 is 23.2 Å². The first-order chi connectivity index (χ1) is 12.9. The van der Waals surface area contributed by atoms with Crippen LogP contribution in [0.2, 0.25) is 10.0 Å². The molecule has 0 fully saturated rings. The van der Waals surface area contributed by atoms with Gasteiger partial charge in [0.2, 0.25) is 5.88 Å². The first-order valence-electron chi connectivity index (χ1n) is 8.34. The molecule has 0 aliphatic carbocycles. The molecule has 0 bridgehead atoms. The minimum Gasteiger partial charge on any atom is -0.465 e. The molecule has 0 spiro atoms. The van der Waals surface area contributed by atoms with Gasteiger partial charge in [0.25, 0.3) is 5.56 Å². The van der Waals surface area contributed by atoms with Crippen molar-refractivity contribution in [1.82, 2.24) is 4.98 Å². The number of halogens is 2. The minimum atomic E-state index is -0.842. The number of nitrogens with one attached hydrogen (secondary N) is 1. The fourth-order valence-corrected chi connectivity index (χ4v) is 3.71. The molecule has 0 radical (unpaired) electrons. The van der Waals surface area contributed by atoms with Crippen molar-refractivity contribution in [2.75, 3.05) is 7.11 Å². The number of hydrogen-bond donors (Lipinski definition) is 2. The lowest BCUT2D eigenvalue weighted by atomic mass is 9.83. The monoisotopic (exact) mass is 408 g/mol. The van der Waals surface area contributed by atoms with Gasteiger partial charge in [0.15, 0.2) is 0 Å². The number of pyridine rings is 1. The van der Waals surface area contributed by atoms with Crippen LogP contribution in [-0.2, 0) is 16.0 Å². The van der Waals surface area contributed by atoms with Crippen LogP contribution in [0.1, 0.15) is 36.1 Å². The normalized spacial score (nSPS) is 15.9. The van der Waals surface area contributed by atoms with Crippen molar-refractivity contribution in [2.45, 2.75) is 25.7 Å². The molecule has 1 aliphatic heterocycles. The summed E-state index contributed by atoms with van der Waals surface area (Å²) in [6, 6.07) is 6.54. The van der Waals surface area contributed by atoms with E-state index < -0.39 is 11.9 Å². The third kappa shape index (κ3) is 3.55. The molecule has 1 aromatic heterocycles. The summed E-state index contributed by atoms with van der Waals surface area (Å²) in [5, 5.41) is 0.728. The smallest absolute Gasteiger partial charge is 0.340 e. The number of esters is 1. The molecular weight excluding hydrogens is 391 g/mol. The number of benzene rings is 1. The van der Waals surface area contributed by atoms with Gasteiger partial charge in [0.1, 0.15) is 11.3 Å². The first-order valence-corrected chi connectivity index (χ1v) is 9.09. The molecule has 0 saturated carbocycles. The molecule has 142 valence electrons. The van der Waals surface area contributed by atoms with Crippen LogP contribution in [0.25, 0.3) is 0 Å². The predicted octanol–water partition coefficient (Wildman–Crippen LogP) is 3.50. The van der Waals surface area contributed by atoms with Crippen LogP contribution < -0.4 is 16.0 Å². The van der Waals surface area contributed by atoms with Crippen molar-refractivity contribution in [2.24, 2.45) is 5.73 Å². The first kappa shape index (κ1) is 19.3. The summed E-state index contributed by atoms with van der Waals surface area (Å²) in [4.78, 5) is 28.1. The van der Waals surface area contributed by atoms with Crippen molar-refractivity contribution in [1.29, 1.82) is 0 Å². The van der Waals surface area contributed by atoms with E-state index in [-0.39, 0.29) is 22.6 Å². The molecule has 27 heavy (non-hydrogen) atoms. The Bertz CT molecular complexity index is 998. The number of ether oxygens (including phenoxy) is 2. The van der Waals surface area contributed by atoms with Crippen molar-refractivity contribution in [3.63, 3.8) is 0 Å². The van der Waals surface area contributed by atoms with Gasteiger partial charge in [0, 0.05) is 21.8 Å². The van der Waals surface area contributed by atoms with Crippen molar-refractivity contribution < 1.29 is 14.3 Å². The van der Waals surface area contributed by atoms with E-state index >= 15 is 0 Å². The molecule has 3 N–H and O–H groups in total. The third-order valence-corrected chi connectivity index (χ3v) is 4.91. The van der Waals surface area contributed by atoms with E-state index in [2.05, 4.69) is 4.98 Å². The Hall–Kier alpha value is -2.44. The molecule has 1 atom stereocenters. The predicted molar refractivity (Wildman–Crippen MR) is 103 cm³/mol. The lowest BCUT2D eigenvalue weighted by molar-refractivity contribution is -0.136. The minimum absolute atomic E-state index is 0.0166. The lowest BCUT2D eigenvalue weighted by Gasteiger charge is -2.28. The lowest BCUT2D eigenvalue weighted by Crippen LogP contribution is -2.32. The van der Waals surface area contributed by atoms with Gasteiger partial charge in [-0.25, -0.2) is 4.79 Å². The fraction of sp³-hybridized carbons (Fsp3) is 0.263. The van der Waals surface area contributed by atoms with Crippen LogP contribution in [0.3, 0.4) is 0 Å². The Morgan fingerprint density at radius 1 is 1.33 bits per heavy atom. The molecule has 1 unspecified atom stereocenters. The molecule has 2 aromatic rings. The Balaban J connectivity index is 2.29. The maximum absolute atomic E-state index is 12.9. The van der Waals surface area contributed by atoms with E-state index in [4.69, 9.17) is 38.4 Å². The van der Waals surface area contributed by atoms with Gasteiger partial charge in [-0.05, 0) is 24.1 Å². The number of hydrogen-bond acceptors (Lipinski definition) is 5. The second-order valence-electron chi connectivity index (χ2n) is 6.12. The fourth-order valence-electron chi connectivity index (χ4n) is 3.19. The summed E-state index contributed by atoms with van der Waals surface area (Å²) in [6.45, 7) is 2.00. The molecule has 3 rings (SSSR count). The Morgan fingerprint density at radius 3 is 2.70 bits per heavy atom. The molecule has 1 aromatic carbocycles. The number of fused-ring (bicyclic) bond motifs is 1. The third-order valence-electron chi connectivity index (χ3n) is 4.35.